The molecule has 100 valence electrons. The van der Waals surface area contributed by atoms with Crippen molar-refractivity contribution in [3.8, 4) is 0 Å². The molecule has 1 N–H and O–H groups in total. The molecule has 0 fully saturated rings. The Balaban J connectivity index is 1.93. The summed E-state index contributed by atoms with van der Waals surface area (Å²) >= 11 is 0. The van der Waals surface area contributed by atoms with E-state index in [4.69, 9.17) is 0 Å². The quantitative estimate of drug-likeness (QED) is 0.910. The molecule has 3 nitrogen and oxygen atoms in total. The number of nitrogens with zero attached hydrogens (tertiary/aromatic N) is 2. The first-order valence-corrected chi connectivity index (χ1v) is 7.13. The summed E-state index contributed by atoms with van der Waals surface area (Å²) < 4.78 is 1.98. The average molecular weight is 255 g/mol. The first-order valence-electron chi connectivity index (χ1n) is 7.13. The van der Waals surface area contributed by atoms with Crippen LogP contribution >= 0.6 is 0 Å². The van der Waals surface area contributed by atoms with Crippen molar-refractivity contribution in [3.05, 3.63) is 52.8 Å². The van der Waals surface area contributed by atoms with Gasteiger partial charge in [0, 0.05) is 18.3 Å². The molecule has 1 atom stereocenters. The third-order valence-electron chi connectivity index (χ3n) is 4.06. The molecular weight excluding hydrogens is 234 g/mol. The van der Waals surface area contributed by atoms with Crippen LogP contribution in [0.4, 0.5) is 0 Å². The summed E-state index contributed by atoms with van der Waals surface area (Å²) in [6.45, 7) is 3.03. The van der Waals surface area contributed by atoms with Gasteiger partial charge in [0.25, 0.3) is 0 Å². The highest BCUT2D eigenvalue weighted by atomic mass is 15.3. The number of hydrogen-bond acceptors (Lipinski definition) is 2. The molecular formula is C16H21N3. The van der Waals surface area contributed by atoms with Gasteiger partial charge >= 0.3 is 0 Å². The van der Waals surface area contributed by atoms with Crippen molar-refractivity contribution < 1.29 is 0 Å². The summed E-state index contributed by atoms with van der Waals surface area (Å²) in [7, 11) is 2.02. The maximum atomic E-state index is 4.38. The van der Waals surface area contributed by atoms with E-state index >= 15 is 0 Å². The van der Waals surface area contributed by atoms with Gasteiger partial charge in [-0.2, -0.15) is 5.10 Å². The molecule has 3 heteroatoms. The van der Waals surface area contributed by atoms with Gasteiger partial charge < -0.3 is 5.32 Å². The molecule has 1 aromatic carbocycles. The van der Waals surface area contributed by atoms with Crippen LogP contribution in [0.15, 0.2) is 30.6 Å². The minimum absolute atomic E-state index is 0.242. The summed E-state index contributed by atoms with van der Waals surface area (Å²) in [5.41, 5.74) is 5.64. The Labute approximate surface area is 114 Å². The Morgan fingerprint density at radius 2 is 2.11 bits per heavy atom. The second kappa shape index (κ2) is 5.17. The van der Waals surface area contributed by atoms with Crippen LogP contribution in [0.5, 0.6) is 0 Å². The fraction of sp³-hybridized carbons (Fsp3) is 0.438. The number of aromatic nitrogens is 2. The fourth-order valence-corrected chi connectivity index (χ4v) is 3.00. The molecule has 2 aromatic rings. The van der Waals surface area contributed by atoms with Crippen LogP contribution in [0.2, 0.25) is 0 Å². The van der Waals surface area contributed by atoms with Gasteiger partial charge in [-0.1, -0.05) is 18.2 Å². The van der Waals surface area contributed by atoms with E-state index in [-0.39, 0.29) is 6.04 Å². The molecule has 0 amide bonds. The van der Waals surface area contributed by atoms with Crippen LogP contribution in [-0.2, 0) is 19.4 Å². The molecule has 0 radical (unpaired) electrons. The molecule has 0 aliphatic heterocycles. The zero-order valence-electron chi connectivity index (χ0n) is 11.7. The zero-order chi connectivity index (χ0) is 13.2. The number of nitrogens with one attached hydrogen (secondary N) is 1. The summed E-state index contributed by atoms with van der Waals surface area (Å²) in [4.78, 5) is 0. The lowest BCUT2D eigenvalue weighted by molar-refractivity contribution is 0.653. The number of hydrogen-bond donors (Lipinski definition) is 1. The van der Waals surface area contributed by atoms with Crippen LogP contribution in [0, 0.1) is 0 Å². The van der Waals surface area contributed by atoms with E-state index in [2.05, 4.69) is 41.7 Å². The number of rotatable bonds is 4. The molecule has 0 bridgehead atoms. The van der Waals surface area contributed by atoms with E-state index < -0.39 is 0 Å². The third-order valence-corrected chi connectivity index (χ3v) is 4.06. The highest BCUT2D eigenvalue weighted by Crippen LogP contribution is 2.28. The maximum Gasteiger partial charge on any atom is 0.0605 e. The minimum Gasteiger partial charge on any atom is -0.309 e. The van der Waals surface area contributed by atoms with Gasteiger partial charge in [0.1, 0.15) is 0 Å². The predicted octanol–water partition coefficient (Wildman–Crippen LogP) is 2.70. The van der Waals surface area contributed by atoms with E-state index in [0.29, 0.717) is 0 Å². The molecule has 3 rings (SSSR count). The van der Waals surface area contributed by atoms with E-state index in [0.717, 1.165) is 6.54 Å². The van der Waals surface area contributed by atoms with Gasteiger partial charge in [-0.05, 0) is 49.9 Å². The van der Waals surface area contributed by atoms with Crippen LogP contribution in [0.25, 0.3) is 0 Å². The lowest BCUT2D eigenvalue weighted by Crippen LogP contribution is -2.17. The second-order valence-corrected chi connectivity index (χ2v) is 5.23. The van der Waals surface area contributed by atoms with Crippen molar-refractivity contribution >= 4 is 0 Å². The summed E-state index contributed by atoms with van der Waals surface area (Å²) in [6.07, 6.45) is 7.88. The molecule has 1 aliphatic carbocycles. The molecule has 0 saturated carbocycles. The minimum atomic E-state index is 0.242. The first-order chi connectivity index (χ1) is 9.31. The zero-order valence-corrected chi connectivity index (χ0v) is 11.7. The highest BCUT2D eigenvalue weighted by molar-refractivity contribution is 5.39. The molecule has 1 heterocycles. The van der Waals surface area contributed by atoms with Gasteiger partial charge in [0.2, 0.25) is 0 Å². The van der Waals surface area contributed by atoms with Crippen LogP contribution < -0.4 is 5.32 Å². The SMILES string of the molecule is CCn1cc(C(NC)c2ccc3c(c2)CCC3)cn1. The second-order valence-electron chi connectivity index (χ2n) is 5.23. The lowest BCUT2D eigenvalue weighted by atomic mass is 9.98. The summed E-state index contributed by atoms with van der Waals surface area (Å²) in [5, 5.41) is 7.79. The van der Waals surface area contributed by atoms with Crippen LogP contribution in [-0.4, -0.2) is 16.8 Å². The largest absolute Gasteiger partial charge is 0.309 e. The Bertz CT molecular complexity index is 571. The van der Waals surface area contributed by atoms with Crippen molar-refractivity contribution in [1.29, 1.82) is 0 Å². The van der Waals surface area contributed by atoms with Crippen molar-refractivity contribution in [1.82, 2.24) is 15.1 Å². The Morgan fingerprint density at radius 1 is 1.26 bits per heavy atom. The topological polar surface area (TPSA) is 29.9 Å². The van der Waals surface area contributed by atoms with E-state index in [1.54, 1.807) is 0 Å². The Kier molecular flexibility index (Phi) is 3.38. The molecule has 0 saturated heterocycles. The number of aryl methyl sites for hydroxylation is 3. The van der Waals surface area contributed by atoms with Gasteiger partial charge in [-0.15, -0.1) is 0 Å². The van der Waals surface area contributed by atoms with Gasteiger partial charge in [-0.25, -0.2) is 0 Å². The third kappa shape index (κ3) is 2.30. The van der Waals surface area contributed by atoms with E-state index in [1.807, 2.05) is 17.9 Å². The first kappa shape index (κ1) is 12.4. The van der Waals surface area contributed by atoms with Gasteiger partial charge in [0.05, 0.1) is 12.2 Å². The average Bonchev–Trinajstić information content (AvgIpc) is 3.07. The van der Waals surface area contributed by atoms with Crippen molar-refractivity contribution in [3.63, 3.8) is 0 Å². The standard InChI is InChI=1S/C16H21N3/c1-3-19-11-15(10-18-19)16(17-2)14-8-7-12-5-4-6-13(12)9-14/h7-11,16-17H,3-6H2,1-2H3. The van der Waals surface area contributed by atoms with Crippen LogP contribution in [0.3, 0.4) is 0 Å². The van der Waals surface area contributed by atoms with Crippen molar-refractivity contribution in [2.45, 2.75) is 38.8 Å². The number of fused-ring (bicyclic) bond motifs is 1. The Morgan fingerprint density at radius 3 is 2.84 bits per heavy atom. The fourth-order valence-electron chi connectivity index (χ4n) is 3.00. The van der Waals surface area contributed by atoms with Gasteiger partial charge in [-0.3, -0.25) is 4.68 Å². The maximum absolute atomic E-state index is 4.38. The lowest BCUT2D eigenvalue weighted by Gasteiger charge is -2.16. The number of benzene rings is 1. The predicted molar refractivity (Wildman–Crippen MR) is 77.3 cm³/mol. The van der Waals surface area contributed by atoms with E-state index in [1.165, 1.54) is 41.5 Å². The van der Waals surface area contributed by atoms with E-state index in [9.17, 15) is 0 Å². The van der Waals surface area contributed by atoms with Gasteiger partial charge in [0.15, 0.2) is 0 Å². The smallest absolute Gasteiger partial charge is 0.0605 e. The molecule has 1 unspecified atom stereocenters. The monoisotopic (exact) mass is 255 g/mol. The summed E-state index contributed by atoms with van der Waals surface area (Å²) in [5.74, 6) is 0. The molecule has 19 heavy (non-hydrogen) atoms. The van der Waals surface area contributed by atoms with Crippen molar-refractivity contribution in [2.24, 2.45) is 0 Å². The Hall–Kier alpha value is -1.61. The molecule has 1 aromatic heterocycles. The van der Waals surface area contributed by atoms with Crippen LogP contribution in [0.1, 0.15) is 41.6 Å². The highest BCUT2D eigenvalue weighted by Gasteiger charge is 2.17. The normalized spacial score (nSPS) is 15.5. The molecule has 0 spiro atoms. The summed E-state index contributed by atoms with van der Waals surface area (Å²) in [6, 6.07) is 7.17. The molecule has 1 aliphatic rings. The van der Waals surface area contributed by atoms with Crippen molar-refractivity contribution in [2.75, 3.05) is 7.05 Å².